The van der Waals surface area contributed by atoms with Crippen molar-refractivity contribution >= 4 is 11.9 Å². The van der Waals surface area contributed by atoms with E-state index in [9.17, 15) is 30.3 Å². The summed E-state index contributed by atoms with van der Waals surface area (Å²) in [6.45, 7) is 3.55. The molecule has 0 spiro atoms. The quantitative estimate of drug-likeness (QED) is 0.370. The molecule has 2 aromatic rings. The summed E-state index contributed by atoms with van der Waals surface area (Å²) in [4.78, 5) is 12.2. The highest BCUT2D eigenvalue weighted by atomic mass is 16.7. The molecule has 0 aromatic heterocycles. The predicted octanol–water partition coefficient (Wildman–Crippen LogP) is 1.01. The monoisotopic (exact) mass is 401 g/mol. The first-order valence-corrected chi connectivity index (χ1v) is 8.80. The fourth-order valence-corrected chi connectivity index (χ4v) is 2.80. The van der Waals surface area contributed by atoms with Gasteiger partial charge in [0, 0.05) is 6.07 Å². The number of phenolic OH excluding ortho intramolecular Hbond substituents is 2. The van der Waals surface area contributed by atoms with E-state index in [4.69, 9.17) is 9.47 Å². The van der Waals surface area contributed by atoms with Gasteiger partial charge in [0.1, 0.15) is 35.6 Å². The Kier molecular flexibility index (Phi) is 6.19. The zero-order valence-electron chi connectivity index (χ0n) is 15.3. The average molecular weight is 401 g/mol. The molecule has 2 aromatic carbocycles. The molecule has 0 amide bonds. The lowest BCUT2D eigenvalue weighted by Gasteiger charge is -2.38. The molecule has 29 heavy (non-hydrogen) atoms. The maximum absolute atomic E-state index is 12.2. The molecule has 8 heteroatoms. The third-order valence-corrected chi connectivity index (χ3v) is 4.47. The summed E-state index contributed by atoms with van der Waals surface area (Å²) in [5.74, 6) is -0.552. The molecule has 8 nitrogen and oxygen atoms in total. The topological polar surface area (TPSA) is 137 Å². The van der Waals surface area contributed by atoms with E-state index in [1.807, 2.05) is 0 Å². The highest BCUT2D eigenvalue weighted by Crippen LogP contribution is 2.25. The van der Waals surface area contributed by atoms with Crippen LogP contribution < -0.4 is 4.74 Å². The molecular weight excluding hydrogens is 380 g/mol. The lowest BCUT2D eigenvalue weighted by atomic mass is 10.00. The van der Waals surface area contributed by atoms with Gasteiger partial charge in [-0.15, -0.1) is 0 Å². The Morgan fingerprint density at radius 2 is 1.69 bits per heavy atom. The van der Waals surface area contributed by atoms with Gasteiger partial charge in [-0.3, -0.25) is 4.79 Å². The zero-order chi connectivity index (χ0) is 21.1. The van der Waals surface area contributed by atoms with Crippen molar-refractivity contribution < 1.29 is 39.8 Å². The number of aliphatic hydroxyl groups excluding tert-OH is 3. The van der Waals surface area contributed by atoms with Crippen LogP contribution in [0.2, 0.25) is 0 Å². The fourth-order valence-electron chi connectivity index (χ4n) is 2.80. The van der Waals surface area contributed by atoms with Crippen LogP contribution in [0.15, 0.2) is 48.5 Å². The van der Waals surface area contributed by atoms with Crippen LogP contribution in [0.1, 0.15) is 15.9 Å². The molecule has 153 valence electrons. The van der Waals surface area contributed by atoms with E-state index in [2.05, 4.69) is 6.92 Å². The molecule has 1 saturated heterocycles. The summed E-state index contributed by atoms with van der Waals surface area (Å²) >= 11 is 0. The van der Waals surface area contributed by atoms with Crippen LogP contribution in [0, 0.1) is 6.92 Å². The Balaban J connectivity index is 1.64. The number of hydrogen-bond donors (Lipinski definition) is 5. The number of carbonyl (C=O) groups is 1. The van der Waals surface area contributed by atoms with E-state index < -0.39 is 36.5 Å². The fraction of sp³-hybridized carbons (Fsp3) is 0.238. The molecule has 5 atom stereocenters. The lowest BCUT2D eigenvalue weighted by Crippen LogP contribution is -2.58. The molecule has 0 bridgehead atoms. The number of rotatable bonds is 5. The largest absolute Gasteiger partial charge is 0.508 e. The molecule has 1 fully saturated rings. The number of ketones is 1. The summed E-state index contributed by atoms with van der Waals surface area (Å²) in [6.07, 6.45) is -3.54. The van der Waals surface area contributed by atoms with Gasteiger partial charge < -0.3 is 35.0 Å². The van der Waals surface area contributed by atoms with Crippen LogP contribution in [-0.4, -0.2) is 62.0 Å². The summed E-state index contributed by atoms with van der Waals surface area (Å²) in [6, 6.07) is 10.2. The van der Waals surface area contributed by atoms with Gasteiger partial charge in [-0.25, -0.2) is 0 Å². The molecule has 0 aliphatic carbocycles. The molecule has 1 aliphatic heterocycles. The van der Waals surface area contributed by atoms with Crippen LogP contribution in [0.3, 0.4) is 0 Å². The Morgan fingerprint density at radius 3 is 2.34 bits per heavy atom. The number of benzene rings is 2. The summed E-state index contributed by atoms with van der Waals surface area (Å²) < 4.78 is 10.8. The first kappa shape index (κ1) is 20.8. The SMILES string of the molecule is [CH2][C@H]1O[C@@H](Oc2ccc(/C=C/C(=O)c3ccc(O)cc3O)cc2)[C@H](O)[C@@H](O)[C@@H]1O. The van der Waals surface area contributed by atoms with Gasteiger partial charge in [0.05, 0.1) is 11.7 Å². The Labute approximate surface area is 166 Å². The van der Waals surface area contributed by atoms with Crippen molar-refractivity contribution in [2.24, 2.45) is 0 Å². The molecule has 1 radical (unpaired) electrons. The number of ether oxygens (including phenoxy) is 2. The highest BCUT2D eigenvalue weighted by Gasteiger charge is 2.43. The Bertz CT molecular complexity index is 892. The molecule has 3 rings (SSSR count). The second kappa shape index (κ2) is 8.62. The lowest BCUT2D eigenvalue weighted by molar-refractivity contribution is -0.262. The maximum Gasteiger partial charge on any atom is 0.229 e. The van der Waals surface area contributed by atoms with Gasteiger partial charge >= 0.3 is 0 Å². The summed E-state index contributed by atoms with van der Waals surface area (Å²) in [7, 11) is 0. The van der Waals surface area contributed by atoms with Crippen molar-refractivity contribution in [3.05, 3.63) is 66.6 Å². The van der Waals surface area contributed by atoms with Gasteiger partial charge in [0.25, 0.3) is 0 Å². The molecule has 5 N–H and O–H groups in total. The summed E-state index contributed by atoms with van der Waals surface area (Å²) in [5.41, 5.74) is 0.727. The van der Waals surface area contributed by atoms with Crippen LogP contribution in [-0.2, 0) is 4.74 Å². The van der Waals surface area contributed by atoms with E-state index in [-0.39, 0.29) is 17.1 Å². The second-order valence-corrected chi connectivity index (χ2v) is 6.60. The van der Waals surface area contributed by atoms with Crippen molar-refractivity contribution in [1.29, 1.82) is 0 Å². The predicted molar refractivity (Wildman–Crippen MR) is 102 cm³/mol. The Morgan fingerprint density at radius 1 is 1.00 bits per heavy atom. The van der Waals surface area contributed by atoms with Crippen LogP contribution in [0.4, 0.5) is 0 Å². The minimum atomic E-state index is -1.45. The van der Waals surface area contributed by atoms with Gasteiger partial charge in [-0.1, -0.05) is 18.2 Å². The van der Waals surface area contributed by atoms with Crippen molar-refractivity contribution in [3.63, 3.8) is 0 Å². The van der Waals surface area contributed by atoms with Gasteiger partial charge in [0.15, 0.2) is 5.78 Å². The third-order valence-electron chi connectivity index (χ3n) is 4.47. The minimum absolute atomic E-state index is 0.0610. The van der Waals surface area contributed by atoms with Crippen molar-refractivity contribution in [2.45, 2.75) is 30.7 Å². The summed E-state index contributed by atoms with van der Waals surface area (Å²) in [5, 5.41) is 48.4. The van der Waals surface area contributed by atoms with E-state index in [1.165, 1.54) is 24.3 Å². The number of carbonyl (C=O) groups excluding carboxylic acids is 1. The molecule has 1 heterocycles. The number of aliphatic hydroxyl groups is 3. The average Bonchev–Trinajstić information content (AvgIpc) is 2.69. The van der Waals surface area contributed by atoms with Crippen molar-refractivity contribution in [1.82, 2.24) is 0 Å². The Hall–Kier alpha value is -2.91. The second-order valence-electron chi connectivity index (χ2n) is 6.60. The van der Waals surface area contributed by atoms with Crippen molar-refractivity contribution in [2.75, 3.05) is 0 Å². The number of allylic oxidation sites excluding steroid dienone is 1. The van der Waals surface area contributed by atoms with Gasteiger partial charge in [-0.05, 0) is 42.8 Å². The third kappa shape index (κ3) is 4.75. The molecular formula is C21H21O8. The molecule has 0 unspecified atom stereocenters. The van der Waals surface area contributed by atoms with Crippen LogP contribution >= 0.6 is 0 Å². The smallest absolute Gasteiger partial charge is 0.229 e. The minimum Gasteiger partial charge on any atom is -0.508 e. The number of hydrogen-bond acceptors (Lipinski definition) is 8. The first-order chi connectivity index (χ1) is 13.8. The number of aromatic hydroxyl groups is 2. The van der Waals surface area contributed by atoms with E-state index in [0.29, 0.717) is 11.3 Å². The zero-order valence-corrected chi connectivity index (χ0v) is 15.3. The van der Waals surface area contributed by atoms with E-state index in [0.717, 1.165) is 6.07 Å². The first-order valence-electron chi connectivity index (χ1n) is 8.80. The van der Waals surface area contributed by atoms with Gasteiger partial charge in [0.2, 0.25) is 6.29 Å². The van der Waals surface area contributed by atoms with Crippen molar-refractivity contribution in [3.8, 4) is 17.2 Å². The standard InChI is InChI=1S/C21H21O8/c1-11-18(25)19(26)20(27)21(28-11)29-14-6-2-12(3-7-14)4-9-16(23)15-8-5-13(22)10-17(15)24/h2-11,18-22,24-27H,1H2/b9-4+/t11-,18-,19+,20-,21+/m1/s1. The van der Waals surface area contributed by atoms with Gasteiger partial charge in [-0.2, -0.15) is 0 Å². The van der Waals surface area contributed by atoms with Crippen LogP contribution in [0.5, 0.6) is 17.2 Å². The van der Waals surface area contributed by atoms with E-state index in [1.54, 1.807) is 24.3 Å². The normalized spacial score (nSPS) is 27.1. The molecule has 1 aliphatic rings. The highest BCUT2D eigenvalue weighted by molar-refractivity contribution is 6.08. The molecule has 0 saturated carbocycles. The number of phenols is 2. The van der Waals surface area contributed by atoms with Crippen LogP contribution in [0.25, 0.3) is 6.08 Å². The van der Waals surface area contributed by atoms with E-state index >= 15 is 0 Å². The maximum atomic E-state index is 12.2.